The SMILES string of the molecule is COCC(=O)N1CCC(c2cc(N3C(=O)OC[C@H]3C(C)C)nc(C)n2)CC1. The van der Waals surface area contributed by atoms with E-state index in [9.17, 15) is 9.59 Å². The number of carbonyl (C=O) groups excluding carboxylic acids is 2. The Balaban J connectivity index is 1.77. The Morgan fingerprint density at radius 1 is 1.33 bits per heavy atom. The van der Waals surface area contributed by atoms with Gasteiger partial charge in [-0.1, -0.05) is 13.8 Å². The first-order chi connectivity index (χ1) is 12.9. The number of hydrogen-bond acceptors (Lipinski definition) is 6. The van der Waals surface area contributed by atoms with Crippen LogP contribution >= 0.6 is 0 Å². The second kappa shape index (κ2) is 8.21. The number of aromatic nitrogens is 2. The molecule has 0 saturated carbocycles. The topological polar surface area (TPSA) is 84.9 Å². The molecular weight excluding hydrogens is 348 g/mol. The summed E-state index contributed by atoms with van der Waals surface area (Å²) in [6, 6.07) is 1.89. The van der Waals surface area contributed by atoms with Gasteiger partial charge >= 0.3 is 6.09 Å². The lowest BCUT2D eigenvalue weighted by Crippen LogP contribution is -2.40. The predicted molar refractivity (Wildman–Crippen MR) is 99.7 cm³/mol. The Bertz CT molecular complexity index is 701. The molecule has 2 aliphatic rings. The van der Waals surface area contributed by atoms with Gasteiger partial charge in [0.15, 0.2) is 0 Å². The number of ether oxygens (including phenoxy) is 2. The molecule has 3 heterocycles. The average molecular weight is 376 g/mol. The van der Waals surface area contributed by atoms with E-state index in [2.05, 4.69) is 23.8 Å². The molecule has 2 aliphatic heterocycles. The Morgan fingerprint density at radius 2 is 2.04 bits per heavy atom. The molecule has 2 amide bonds. The van der Waals surface area contributed by atoms with Gasteiger partial charge in [-0.3, -0.25) is 9.69 Å². The van der Waals surface area contributed by atoms with Crippen LogP contribution in [-0.2, 0) is 14.3 Å². The van der Waals surface area contributed by atoms with Gasteiger partial charge in [0.1, 0.15) is 24.9 Å². The van der Waals surface area contributed by atoms with E-state index >= 15 is 0 Å². The summed E-state index contributed by atoms with van der Waals surface area (Å²) < 4.78 is 10.2. The van der Waals surface area contributed by atoms with Crippen molar-refractivity contribution < 1.29 is 19.1 Å². The molecule has 0 aromatic carbocycles. The van der Waals surface area contributed by atoms with E-state index < -0.39 is 0 Å². The minimum atomic E-state index is -0.349. The Labute approximate surface area is 159 Å². The fourth-order valence-corrected chi connectivity index (χ4v) is 3.74. The maximum Gasteiger partial charge on any atom is 0.415 e. The Hall–Kier alpha value is -2.22. The highest BCUT2D eigenvalue weighted by Crippen LogP contribution is 2.31. The van der Waals surface area contributed by atoms with Crippen molar-refractivity contribution >= 4 is 17.8 Å². The van der Waals surface area contributed by atoms with E-state index in [0.717, 1.165) is 18.5 Å². The first kappa shape index (κ1) is 19.5. The van der Waals surface area contributed by atoms with E-state index in [4.69, 9.17) is 9.47 Å². The number of hydrogen-bond donors (Lipinski definition) is 0. The van der Waals surface area contributed by atoms with Crippen molar-refractivity contribution in [3.8, 4) is 0 Å². The van der Waals surface area contributed by atoms with Gasteiger partial charge in [0.05, 0.1) is 6.04 Å². The number of likely N-dealkylation sites (tertiary alicyclic amines) is 1. The molecule has 148 valence electrons. The standard InChI is InChI=1S/C19H28N4O4/c1-12(2)16-10-27-19(25)23(16)17-9-15(20-13(3)21-17)14-5-7-22(8-6-14)18(24)11-26-4/h9,12,14,16H,5-8,10-11H2,1-4H3/t16-/m0/s1. The first-order valence-electron chi connectivity index (χ1n) is 9.49. The quantitative estimate of drug-likeness (QED) is 0.783. The third-order valence-electron chi connectivity index (χ3n) is 5.30. The van der Waals surface area contributed by atoms with Crippen LogP contribution in [-0.4, -0.2) is 66.3 Å². The van der Waals surface area contributed by atoms with Crippen molar-refractivity contribution in [1.82, 2.24) is 14.9 Å². The summed E-state index contributed by atoms with van der Waals surface area (Å²) in [5.41, 5.74) is 0.929. The fraction of sp³-hybridized carbons (Fsp3) is 0.684. The van der Waals surface area contributed by atoms with Crippen LogP contribution in [0.5, 0.6) is 0 Å². The zero-order chi connectivity index (χ0) is 19.6. The van der Waals surface area contributed by atoms with E-state index in [1.54, 1.807) is 4.90 Å². The zero-order valence-corrected chi connectivity index (χ0v) is 16.5. The van der Waals surface area contributed by atoms with Crippen LogP contribution in [0, 0.1) is 12.8 Å². The summed E-state index contributed by atoms with van der Waals surface area (Å²) >= 11 is 0. The largest absolute Gasteiger partial charge is 0.447 e. The molecule has 2 fully saturated rings. The van der Waals surface area contributed by atoms with Crippen LogP contribution in [0.15, 0.2) is 6.07 Å². The number of carbonyl (C=O) groups is 2. The molecule has 0 unspecified atom stereocenters. The van der Waals surface area contributed by atoms with Gasteiger partial charge in [0, 0.05) is 37.9 Å². The van der Waals surface area contributed by atoms with E-state index in [0.29, 0.717) is 31.3 Å². The molecule has 1 atom stereocenters. The Kier molecular flexibility index (Phi) is 5.94. The number of methoxy groups -OCH3 is 1. The summed E-state index contributed by atoms with van der Waals surface area (Å²) in [4.78, 5) is 36.8. The molecular formula is C19H28N4O4. The van der Waals surface area contributed by atoms with Crippen molar-refractivity contribution in [1.29, 1.82) is 0 Å². The second-order valence-corrected chi connectivity index (χ2v) is 7.54. The number of aryl methyl sites for hydroxylation is 1. The van der Waals surface area contributed by atoms with Crippen molar-refractivity contribution in [2.45, 2.75) is 45.6 Å². The minimum Gasteiger partial charge on any atom is -0.447 e. The summed E-state index contributed by atoms with van der Waals surface area (Å²) in [6.07, 6.45) is 1.32. The predicted octanol–water partition coefficient (Wildman–Crippen LogP) is 2.12. The number of cyclic esters (lactones) is 1. The maximum absolute atomic E-state index is 12.3. The fourth-order valence-electron chi connectivity index (χ4n) is 3.74. The van der Waals surface area contributed by atoms with Crippen LogP contribution in [0.1, 0.15) is 44.1 Å². The smallest absolute Gasteiger partial charge is 0.415 e. The van der Waals surface area contributed by atoms with Crippen LogP contribution in [0.4, 0.5) is 10.6 Å². The summed E-state index contributed by atoms with van der Waals surface area (Å²) in [5.74, 6) is 1.78. The summed E-state index contributed by atoms with van der Waals surface area (Å²) in [6.45, 7) is 7.86. The molecule has 8 heteroatoms. The molecule has 0 spiro atoms. The first-order valence-corrected chi connectivity index (χ1v) is 9.49. The highest BCUT2D eigenvalue weighted by Gasteiger charge is 2.37. The third-order valence-corrected chi connectivity index (χ3v) is 5.30. The third kappa shape index (κ3) is 4.21. The molecule has 1 aromatic heterocycles. The van der Waals surface area contributed by atoms with E-state index in [1.165, 1.54) is 7.11 Å². The lowest BCUT2D eigenvalue weighted by molar-refractivity contribution is -0.136. The average Bonchev–Trinajstić information content (AvgIpc) is 3.03. The van der Waals surface area contributed by atoms with Gasteiger partial charge in [-0.15, -0.1) is 0 Å². The molecule has 0 aliphatic carbocycles. The molecule has 0 radical (unpaired) electrons. The van der Waals surface area contributed by atoms with Crippen molar-refractivity contribution in [2.24, 2.45) is 5.92 Å². The van der Waals surface area contributed by atoms with Gasteiger partial charge in [-0.2, -0.15) is 0 Å². The number of anilines is 1. The molecule has 1 aromatic rings. The maximum atomic E-state index is 12.3. The number of amides is 2. The van der Waals surface area contributed by atoms with Crippen LogP contribution in [0.25, 0.3) is 0 Å². The van der Waals surface area contributed by atoms with Gasteiger partial charge in [0.25, 0.3) is 0 Å². The molecule has 2 saturated heterocycles. The van der Waals surface area contributed by atoms with Gasteiger partial charge in [-0.05, 0) is 25.7 Å². The van der Waals surface area contributed by atoms with Gasteiger partial charge in [-0.25, -0.2) is 14.8 Å². The lowest BCUT2D eigenvalue weighted by atomic mass is 9.93. The highest BCUT2D eigenvalue weighted by atomic mass is 16.6. The highest BCUT2D eigenvalue weighted by molar-refractivity contribution is 5.89. The van der Waals surface area contributed by atoms with Gasteiger partial charge < -0.3 is 14.4 Å². The minimum absolute atomic E-state index is 0.0202. The monoisotopic (exact) mass is 376 g/mol. The zero-order valence-electron chi connectivity index (χ0n) is 16.5. The molecule has 27 heavy (non-hydrogen) atoms. The Morgan fingerprint density at radius 3 is 2.67 bits per heavy atom. The van der Waals surface area contributed by atoms with Crippen LogP contribution in [0.2, 0.25) is 0 Å². The summed E-state index contributed by atoms with van der Waals surface area (Å²) in [7, 11) is 1.53. The molecule has 0 N–H and O–H groups in total. The molecule has 0 bridgehead atoms. The van der Waals surface area contributed by atoms with Crippen molar-refractivity contribution in [3.05, 3.63) is 17.6 Å². The van der Waals surface area contributed by atoms with Crippen LogP contribution < -0.4 is 4.90 Å². The van der Waals surface area contributed by atoms with Crippen molar-refractivity contribution in [3.63, 3.8) is 0 Å². The summed E-state index contributed by atoms with van der Waals surface area (Å²) in [5, 5.41) is 0. The number of rotatable bonds is 5. The second-order valence-electron chi connectivity index (χ2n) is 7.54. The molecule has 8 nitrogen and oxygen atoms in total. The van der Waals surface area contributed by atoms with Crippen LogP contribution in [0.3, 0.4) is 0 Å². The number of piperidine rings is 1. The molecule has 3 rings (SSSR count). The number of nitrogens with zero attached hydrogens (tertiary/aromatic N) is 4. The van der Waals surface area contributed by atoms with Crippen molar-refractivity contribution in [2.75, 3.05) is 38.3 Å². The van der Waals surface area contributed by atoms with Gasteiger partial charge in [0.2, 0.25) is 5.91 Å². The van der Waals surface area contributed by atoms with E-state index in [-0.39, 0.29) is 36.5 Å². The normalized spacial score (nSPS) is 21.1. The van der Waals surface area contributed by atoms with E-state index in [1.807, 2.05) is 17.9 Å². The lowest BCUT2D eigenvalue weighted by Gasteiger charge is -2.32.